The van der Waals surface area contributed by atoms with Gasteiger partial charge in [0.2, 0.25) is 5.91 Å². The van der Waals surface area contributed by atoms with Crippen molar-refractivity contribution in [3.8, 4) is 11.5 Å². The maximum atomic E-state index is 12.3. The highest BCUT2D eigenvalue weighted by atomic mass is 35.5. The van der Waals surface area contributed by atoms with E-state index >= 15 is 0 Å². The molecule has 3 aromatic carbocycles. The molecular weight excluding hydrogens is 458 g/mol. The molecule has 3 aromatic rings. The fraction of sp³-hybridized carbons (Fsp3) is 0.160. The van der Waals surface area contributed by atoms with E-state index in [4.69, 9.17) is 21.1 Å². The topological polar surface area (TPSA) is 72.3 Å². The second-order valence-corrected chi connectivity index (χ2v) is 8.89. The summed E-state index contributed by atoms with van der Waals surface area (Å²) in [7, 11) is 1.59. The number of benzene rings is 3. The fourth-order valence-corrected chi connectivity index (χ4v) is 4.28. The van der Waals surface area contributed by atoms with Crippen molar-refractivity contribution >= 4 is 40.7 Å². The van der Waals surface area contributed by atoms with Crippen LogP contribution in [0.4, 0.5) is 0 Å². The van der Waals surface area contributed by atoms with Gasteiger partial charge >= 0.3 is 0 Å². The van der Waals surface area contributed by atoms with Crippen molar-refractivity contribution in [3.05, 3.63) is 94.5 Å². The number of carbonyl (C=O) groups is 1. The quantitative estimate of drug-likeness (QED) is 0.360. The molecule has 1 aliphatic heterocycles. The number of carbonyl (C=O) groups excluding carboxylic acids is 1. The Kier molecular flexibility index (Phi) is 7.65. The second-order valence-electron chi connectivity index (χ2n) is 7.26. The first-order chi connectivity index (χ1) is 16.1. The molecule has 1 saturated heterocycles. The Hall–Kier alpha value is -3.29. The maximum absolute atomic E-state index is 12.3. The minimum atomic E-state index is -0.249. The minimum Gasteiger partial charge on any atom is -0.493 e. The molecule has 0 bridgehead atoms. The van der Waals surface area contributed by atoms with E-state index in [0.29, 0.717) is 34.7 Å². The van der Waals surface area contributed by atoms with Crippen LogP contribution in [0.1, 0.15) is 16.7 Å². The monoisotopic (exact) mass is 479 g/mol. The van der Waals surface area contributed by atoms with E-state index in [2.05, 4.69) is 15.5 Å². The van der Waals surface area contributed by atoms with Gasteiger partial charge in [-0.3, -0.25) is 4.79 Å². The van der Waals surface area contributed by atoms with Crippen molar-refractivity contribution in [3.63, 3.8) is 0 Å². The van der Waals surface area contributed by atoms with Gasteiger partial charge in [-0.25, -0.2) is 0 Å². The number of ether oxygens (including phenoxy) is 2. The van der Waals surface area contributed by atoms with Crippen LogP contribution in [0.5, 0.6) is 11.5 Å². The third-order valence-electron chi connectivity index (χ3n) is 4.89. The second kappa shape index (κ2) is 11.0. The smallest absolute Gasteiger partial charge is 0.239 e. The lowest BCUT2D eigenvalue weighted by atomic mass is 10.1. The van der Waals surface area contributed by atoms with E-state index in [1.807, 2.05) is 72.8 Å². The number of thioether (sulfide) groups is 1. The van der Waals surface area contributed by atoms with Crippen LogP contribution in [-0.4, -0.2) is 29.6 Å². The lowest BCUT2D eigenvalue weighted by molar-refractivity contribution is -0.118. The standard InChI is InChI=1S/C25H22ClN3O3S/c1-31-22-13-19(9-12-21(22)32-16-18-5-3-2-4-6-18)15-27-29-25-28-24(30)23(33-25)14-17-7-10-20(26)11-8-17/h2-13,15,23H,14,16H2,1H3,(H,28,29,30)/b27-15-/t23-/m0/s1. The number of amides is 1. The molecule has 1 amide bonds. The molecule has 0 spiro atoms. The van der Waals surface area contributed by atoms with E-state index in [1.54, 1.807) is 13.3 Å². The van der Waals surface area contributed by atoms with Crippen LogP contribution >= 0.6 is 23.4 Å². The normalized spacial score (nSPS) is 16.8. The zero-order valence-electron chi connectivity index (χ0n) is 17.9. The predicted octanol–water partition coefficient (Wildman–Crippen LogP) is 5.09. The molecule has 33 heavy (non-hydrogen) atoms. The predicted molar refractivity (Wildman–Crippen MR) is 133 cm³/mol. The summed E-state index contributed by atoms with van der Waals surface area (Å²) in [5, 5.41) is 12.0. The number of nitrogens with one attached hydrogen (secondary N) is 1. The Labute approximate surface area is 201 Å². The van der Waals surface area contributed by atoms with Crippen molar-refractivity contribution in [1.29, 1.82) is 0 Å². The van der Waals surface area contributed by atoms with Gasteiger partial charge in [-0.1, -0.05) is 65.8 Å². The van der Waals surface area contributed by atoms with Crippen molar-refractivity contribution in [2.24, 2.45) is 10.2 Å². The van der Waals surface area contributed by atoms with E-state index in [0.717, 1.165) is 16.7 Å². The summed E-state index contributed by atoms with van der Waals surface area (Å²) in [6, 6.07) is 22.9. The van der Waals surface area contributed by atoms with Gasteiger partial charge in [0.05, 0.1) is 18.6 Å². The van der Waals surface area contributed by atoms with Crippen LogP contribution in [0.3, 0.4) is 0 Å². The van der Waals surface area contributed by atoms with Crippen LogP contribution < -0.4 is 14.8 Å². The third-order valence-corrected chi connectivity index (χ3v) is 6.22. The van der Waals surface area contributed by atoms with Crippen LogP contribution in [-0.2, 0) is 17.8 Å². The molecule has 0 aliphatic carbocycles. The first-order valence-electron chi connectivity index (χ1n) is 10.3. The molecule has 8 heteroatoms. The molecule has 1 atom stereocenters. The maximum Gasteiger partial charge on any atom is 0.239 e. The summed E-state index contributed by atoms with van der Waals surface area (Å²) in [4.78, 5) is 12.3. The molecule has 0 unspecified atom stereocenters. The number of hydrogen-bond acceptors (Lipinski definition) is 6. The van der Waals surface area contributed by atoms with E-state index in [1.165, 1.54) is 11.8 Å². The highest BCUT2D eigenvalue weighted by molar-refractivity contribution is 8.15. The number of rotatable bonds is 8. The fourth-order valence-electron chi connectivity index (χ4n) is 3.19. The molecule has 168 valence electrons. The molecule has 0 aromatic heterocycles. The van der Waals surface area contributed by atoms with Crippen molar-refractivity contribution < 1.29 is 14.3 Å². The van der Waals surface area contributed by atoms with Crippen molar-refractivity contribution in [2.45, 2.75) is 18.3 Å². The molecule has 1 N–H and O–H groups in total. The van der Waals surface area contributed by atoms with Crippen LogP contribution in [0, 0.1) is 0 Å². The van der Waals surface area contributed by atoms with Gasteiger partial charge in [0.1, 0.15) is 6.61 Å². The van der Waals surface area contributed by atoms with Crippen molar-refractivity contribution in [1.82, 2.24) is 5.32 Å². The van der Waals surface area contributed by atoms with Crippen LogP contribution in [0.2, 0.25) is 5.02 Å². The lowest BCUT2D eigenvalue weighted by Crippen LogP contribution is -2.25. The van der Waals surface area contributed by atoms with E-state index < -0.39 is 0 Å². The molecule has 4 rings (SSSR count). The summed E-state index contributed by atoms with van der Waals surface area (Å²) in [6.45, 7) is 0.451. The third kappa shape index (κ3) is 6.37. The van der Waals surface area contributed by atoms with Crippen LogP contribution in [0.15, 0.2) is 83.0 Å². The van der Waals surface area contributed by atoms with E-state index in [-0.39, 0.29) is 11.2 Å². The summed E-state index contributed by atoms with van der Waals surface area (Å²) in [5.74, 6) is 1.17. The number of nitrogens with zero attached hydrogens (tertiary/aromatic N) is 2. The molecular formula is C25H22ClN3O3S. The molecule has 0 saturated carbocycles. The summed E-state index contributed by atoms with van der Waals surface area (Å²) >= 11 is 7.29. The average Bonchev–Trinajstić information content (AvgIpc) is 3.19. The first kappa shape index (κ1) is 22.9. The molecule has 6 nitrogen and oxygen atoms in total. The van der Waals surface area contributed by atoms with Gasteiger partial charge in [-0.2, -0.15) is 5.10 Å². The lowest BCUT2D eigenvalue weighted by Gasteiger charge is -2.11. The molecule has 1 fully saturated rings. The number of methoxy groups -OCH3 is 1. The zero-order chi connectivity index (χ0) is 23.0. The summed E-state index contributed by atoms with van der Waals surface area (Å²) < 4.78 is 11.3. The van der Waals surface area contributed by atoms with Gasteiger partial charge < -0.3 is 14.8 Å². The number of amidine groups is 1. The Balaban J connectivity index is 1.36. The van der Waals surface area contributed by atoms with E-state index in [9.17, 15) is 4.79 Å². The Bertz CT molecular complexity index is 1170. The molecule has 0 radical (unpaired) electrons. The minimum absolute atomic E-state index is 0.0783. The SMILES string of the molecule is COc1cc(/C=N\N=C2\NC(=O)[C@H](Cc3ccc(Cl)cc3)S2)ccc1OCc1ccccc1. The Morgan fingerprint density at radius 1 is 1.03 bits per heavy atom. The number of halogens is 1. The summed E-state index contributed by atoms with van der Waals surface area (Å²) in [5.41, 5.74) is 2.92. The average molecular weight is 480 g/mol. The highest BCUT2D eigenvalue weighted by Crippen LogP contribution is 2.28. The van der Waals surface area contributed by atoms with Crippen LogP contribution in [0.25, 0.3) is 0 Å². The zero-order valence-corrected chi connectivity index (χ0v) is 19.5. The summed E-state index contributed by atoms with van der Waals surface area (Å²) in [6.07, 6.45) is 2.20. The van der Waals surface area contributed by atoms with Gasteiger partial charge in [-0.05, 0) is 53.4 Å². The first-order valence-corrected chi connectivity index (χ1v) is 11.5. The van der Waals surface area contributed by atoms with Gasteiger partial charge in [0, 0.05) is 5.02 Å². The molecule has 1 heterocycles. The van der Waals surface area contributed by atoms with Crippen molar-refractivity contribution in [2.75, 3.05) is 7.11 Å². The highest BCUT2D eigenvalue weighted by Gasteiger charge is 2.30. The molecule has 1 aliphatic rings. The van der Waals surface area contributed by atoms with Gasteiger partial charge in [-0.15, -0.1) is 5.10 Å². The van der Waals surface area contributed by atoms with Gasteiger partial charge in [0.25, 0.3) is 0 Å². The number of hydrogen-bond donors (Lipinski definition) is 1. The Morgan fingerprint density at radius 3 is 2.58 bits per heavy atom. The largest absolute Gasteiger partial charge is 0.493 e. The van der Waals surface area contributed by atoms with Gasteiger partial charge in [0.15, 0.2) is 16.7 Å². The Morgan fingerprint density at radius 2 is 1.82 bits per heavy atom.